The molecule has 1 aromatic heterocycles. The van der Waals surface area contributed by atoms with Gasteiger partial charge in [-0.3, -0.25) is 5.41 Å². The first-order valence-corrected chi connectivity index (χ1v) is 6.82. The largest absolute Gasteiger partial charge is 0.384 e. The van der Waals surface area contributed by atoms with E-state index in [1.165, 1.54) is 32.1 Å². The topological polar surface area (TPSA) is 66.0 Å². The van der Waals surface area contributed by atoms with Crippen LogP contribution in [0.4, 0.5) is 5.82 Å². The molecule has 1 aromatic rings. The maximum Gasteiger partial charge on any atom is 0.148 e. The molecular weight excluding hydrogens is 248 g/mol. The van der Waals surface area contributed by atoms with Crippen LogP contribution in [0.1, 0.15) is 37.7 Å². The van der Waals surface area contributed by atoms with Gasteiger partial charge >= 0.3 is 0 Å². The summed E-state index contributed by atoms with van der Waals surface area (Å²) in [6.07, 6.45) is 7.87. The Bertz CT molecular complexity index is 425. The normalized spacial score (nSPS) is 17.1. The molecule has 1 aliphatic heterocycles. The second-order valence-electron chi connectivity index (χ2n) is 4.66. The van der Waals surface area contributed by atoms with Gasteiger partial charge in [0.1, 0.15) is 11.7 Å². The summed E-state index contributed by atoms with van der Waals surface area (Å²) in [6, 6.07) is 1.69. The lowest BCUT2D eigenvalue weighted by Gasteiger charge is -2.27. The average Bonchev–Trinajstić information content (AvgIpc) is 2.29. The summed E-state index contributed by atoms with van der Waals surface area (Å²) < 4.78 is 0. The summed E-state index contributed by atoms with van der Waals surface area (Å²) in [4.78, 5) is 6.58. The molecule has 0 radical (unpaired) electrons. The summed E-state index contributed by atoms with van der Waals surface area (Å²) in [6.45, 7) is 1.96. The van der Waals surface area contributed by atoms with E-state index < -0.39 is 0 Å². The van der Waals surface area contributed by atoms with Crippen molar-refractivity contribution in [3.8, 4) is 0 Å². The maximum absolute atomic E-state index is 7.51. The van der Waals surface area contributed by atoms with Crippen LogP contribution in [-0.4, -0.2) is 23.9 Å². The van der Waals surface area contributed by atoms with E-state index in [9.17, 15) is 0 Å². The molecule has 2 heterocycles. The van der Waals surface area contributed by atoms with Crippen LogP contribution in [0.5, 0.6) is 0 Å². The molecule has 0 aromatic carbocycles. The fourth-order valence-electron chi connectivity index (χ4n) is 2.32. The molecule has 0 unspecified atom stereocenters. The highest BCUT2D eigenvalue weighted by molar-refractivity contribution is 6.36. The van der Waals surface area contributed by atoms with Crippen LogP contribution in [0.3, 0.4) is 0 Å². The number of hydrogen-bond donors (Lipinski definition) is 2. The fraction of sp³-hybridized carbons (Fsp3) is 0.538. The van der Waals surface area contributed by atoms with Gasteiger partial charge < -0.3 is 10.6 Å². The van der Waals surface area contributed by atoms with Gasteiger partial charge in [0.15, 0.2) is 0 Å². The first kappa shape index (κ1) is 13.1. The molecule has 98 valence electrons. The molecule has 3 N–H and O–H groups in total. The standard InChI is InChI=1S/C13H19ClN4/c14-11-10(12(15)16)6-7-17-13(11)18-8-4-2-1-3-5-9-18/h6-7H,1-5,8-9H2,(H3,15,16). The molecule has 4 nitrogen and oxygen atoms in total. The van der Waals surface area contributed by atoms with E-state index >= 15 is 0 Å². The van der Waals surface area contributed by atoms with Crippen molar-refractivity contribution in [3.05, 3.63) is 22.8 Å². The van der Waals surface area contributed by atoms with Gasteiger partial charge in [-0.1, -0.05) is 30.9 Å². The zero-order valence-corrected chi connectivity index (χ0v) is 11.2. The minimum atomic E-state index is -0.00399. The van der Waals surface area contributed by atoms with Crippen molar-refractivity contribution in [1.82, 2.24) is 4.98 Å². The zero-order valence-electron chi connectivity index (χ0n) is 10.5. The molecule has 1 fully saturated rings. The quantitative estimate of drug-likeness (QED) is 0.639. The predicted octanol–water partition coefficient (Wildman–Crippen LogP) is 2.79. The minimum absolute atomic E-state index is 0.00399. The third-order valence-corrected chi connectivity index (χ3v) is 3.69. The van der Waals surface area contributed by atoms with E-state index in [-0.39, 0.29) is 5.84 Å². The summed E-state index contributed by atoms with van der Waals surface area (Å²) in [7, 11) is 0. The second kappa shape index (κ2) is 6.05. The third-order valence-electron chi connectivity index (χ3n) is 3.32. The van der Waals surface area contributed by atoms with E-state index in [0.717, 1.165) is 18.9 Å². The highest BCUT2D eigenvalue weighted by Crippen LogP contribution is 2.28. The number of nitrogens with one attached hydrogen (secondary N) is 1. The van der Waals surface area contributed by atoms with E-state index in [1.807, 2.05) is 0 Å². The van der Waals surface area contributed by atoms with Gasteiger partial charge in [-0.05, 0) is 18.9 Å². The lowest BCUT2D eigenvalue weighted by atomic mass is 10.1. The molecule has 18 heavy (non-hydrogen) atoms. The number of halogens is 1. The third kappa shape index (κ3) is 2.93. The van der Waals surface area contributed by atoms with Crippen molar-refractivity contribution in [3.63, 3.8) is 0 Å². The fourth-order valence-corrected chi connectivity index (χ4v) is 2.65. The highest BCUT2D eigenvalue weighted by atomic mass is 35.5. The number of amidine groups is 1. The van der Waals surface area contributed by atoms with Gasteiger partial charge in [0.2, 0.25) is 0 Å². The molecule has 0 bridgehead atoms. The molecular formula is C13H19ClN4. The van der Waals surface area contributed by atoms with Crippen molar-refractivity contribution < 1.29 is 0 Å². The Kier molecular flexibility index (Phi) is 4.42. The Morgan fingerprint density at radius 3 is 2.44 bits per heavy atom. The van der Waals surface area contributed by atoms with Gasteiger partial charge in [0, 0.05) is 24.8 Å². The van der Waals surface area contributed by atoms with Crippen LogP contribution in [0, 0.1) is 5.41 Å². The predicted molar refractivity (Wildman–Crippen MR) is 75.6 cm³/mol. The summed E-state index contributed by atoms with van der Waals surface area (Å²) in [5.41, 5.74) is 6.09. The first-order valence-electron chi connectivity index (χ1n) is 6.44. The number of anilines is 1. The SMILES string of the molecule is N=C(N)c1ccnc(N2CCCCCCC2)c1Cl. The Hall–Kier alpha value is -1.29. The molecule has 0 saturated carbocycles. The van der Waals surface area contributed by atoms with Crippen LogP contribution < -0.4 is 10.6 Å². The lowest BCUT2D eigenvalue weighted by molar-refractivity contribution is 0.554. The molecule has 0 atom stereocenters. The number of nitrogens with two attached hydrogens (primary N) is 1. The lowest BCUT2D eigenvalue weighted by Crippen LogP contribution is -2.28. The van der Waals surface area contributed by atoms with Crippen LogP contribution in [0.15, 0.2) is 12.3 Å². The number of rotatable bonds is 2. The van der Waals surface area contributed by atoms with Crippen LogP contribution in [0.2, 0.25) is 5.02 Å². The first-order chi connectivity index (χ1) is 8.70. The van der Waals surface area contributed by atoms with E-state index in [0.29, 0.717) is 10.6 Å². The number of nitrogen functional groups attached to an aromatic ring is 1. The van der Waals surface area contributed by atoms with Crippen LogP contribution >= 0.6 is 11.6 Å². The Balaban J connectivity index is 2.25. The summed E-state index contributed by atoms with van der Waals surface area (Å²) >= 11 is 6.31. The second-order valence-corrected chi connectivity index (χ2v) is 5.04. The molecule has 5 heteroatoms. The Morgan fingerprint density at radius 2 is 1.83 bits per heavy atom. The molecule has 0 aliphatic carbocycles. The zero-order chi connectivity index (χ0) is 13.0. The van der Waals surface area contributed by atoms with Gasteiger partial charge in [0.05, 0.1) is 5.02 Å². The van der Waals surface area contributed by atoms with E-state index in [2.05, 4.69) is 9.88 Å². The van der Waals surface area contributed by atoms with Crippen molar-refractivity contribution >= 4 is 23.3 Å². The molecule has 0 amide bonds. The minimum Gasteiger partial charge on any atom is -0.384 e. The molecule has 1 saturated heterocycles. The van der Waals surface area contributed by atoms with Gasteiger partial charge in [0.25, 0.3) is 0 Å². The van der Waals surface area contributed by atoms with E-state index in [4.69, 9.17) is 22.7 Å². The number of pyridine rings is 1. The summed E-state index contributed by atoms with van der Waals surface area (Å²) in [5.74, 6) is 0.766. The van der Waals surface area contributed by atoms with Crippen molar-refractivity contribution in [2.45, 2.75) is 32.1 Å². The van der Waals surface area contributed by atoms with Crippen molar-refractivity contribution in [1.29, 1.82) is 5.41 Å². The average molecular weight is 267 g/mol. The van der Waals surface area contributed by atoms with Crippen LogP contribution in [-0.2, 0) is 0 Å². The van der Waals surface area contributed by atoms with Crippen LogP contribution in [0.25, 0.3) is 0 Å². The number of aromatic nitrogens is 1. The number of nitrogens with zero attached hydrogens (tertiary/aromatic N) is 2. The summed E-state index contributed by atoms with van der Waals surface area (Å²) in [5, 5.41) is 8.02. The van der Waals surface area contributed by atoms with Crippen molar-refractivity contribution in [2.24, 2.45) is 5.73 Å². The van der Waals surface area contributed by atoms with Gasteiger partial charge in [-0.25, -0.2) is 4.98 Å². The highest BCUT2D eigenvalue weighted by Gasteiger charge is 2.16. The Morgan fingerprint density at radius 1 is 1.22 bits per heavy atom. The monoisotopic (exact) mass is 266 g/mol. The van der Waals surface area contributed by atoms with Crippen molar-refractivity contribution in [2.75, 3.05) is 18.0 Å². The maximum atomic E-state index is 7.51. The van der Waals surface area contributed by atoms with Gasteiger partial charge in [-0.2, -0.15) is 0 Å². The molecule has 2 rings (SSSR count). The molecule has 0 spiro atoms. The van der Waals surface area contributed by atoms with E-state index in [1.54, 1.807) is 12.3 Å². The number of hydrogen-bond acceptors (Lipinski definition) is 3. The van der Waals surface area contributed by atoms with Gasteiger partial charge in [-0.15, -0.1) is 0 Å². The smallest absolute Gasteiger partial charge is 0.148 e. The Labute approximate surface area is 113 Å². The molecule has 1 aliphatic rings.